The molecule has 21 heavy (non-hydrogen) atoms. The number of anilines is 1. The normalized spacial score (nSPS) is 11.1. The van der Waals surface area contributed by atoms with Crippen molar-refractivity contribution < 1.29 is 13.2 Å². The number of nitrogens with two attached hydrogens (primary N) is 1. The molecule has 2 rings (SSSR count). The SMILES string of the molecule is CCOc1ccccc1NS(=O)(=O)c1ccc(CN)cn1. The van der Waals surface area contributed by atoms with Crippen LogP contribution in [0.4, 0.5) is 5.69 Å². The van der Waals surface area contributed by atoms with E-state index in [2.05, 4.69) is 9.71 Å². The number of pyridine rings is 1. The highest BCUT2D eigenvalue weighted by atomic mass is 32.2. The van der Waals surface area contributed by atoms with E-state index in [-0.39, 0.29) is 5.03 Å². The summed E-state index contributed by atoms with van der Waals surface area (Å²) in [4.78, 5) is 3.92. The zero-order valence-electron chi connectivity index (χ0n) is 11.6. The first-order valence-electron chi connectivity index (χ1n) is 6.46. The van der Waals surface area contributed by atoms with Gasteiger partial charge >= 0.3 is 0 Å². The second-order valence-corrected chi connectivity index (χ2v) is 5.87. The van der Waals surface area contributed by atoms with Crippen molar-refractivity contribution in [1.82, 2.24) is 4.98 Å². The monoisotopic (exact) mass is 307 g/mol. The van der Waals surface area contributed by atoms with Crippen LogP contribution in [-0.4, -0.2) is 20.0 Å². The number of ether oxygens (including phenoxy) is 1. The third kappa shape index (κ3) is 3.71. The highest BCUT2D eigenvalue weighted by Gasteiger charge is 2.17. The average molecular weight is 307 g/mol. The van der Waals surface area contributed by atoms with Gasteiger partial charge < -0.3 is 10.5 Å². The van der Waals surface area contributed by atoms with Gasteiger partial charge in [0.25, 0.3) is 10.0 Å². The molecule has 0 radical (unpaired) electrons. The predicted molar refractivity (Wildman–Crippen MR) is 80.5 cm³/mol. The molecule has 1 aromatic heterocycles. The average Bonchev–Trinajstić information content (AvgIpc) is 2.49. The topological polar surface area (TPSA) is 94.3 Å². The minimum absolute atomic E-state index is 0.0639. The molecule has 0 aliphatic rings. The first-order valence-corrected chi connectivity index (χ1v) is 7.94. The van der Waals surface area contributed by atoms with Crippen LogP contribution in [0.5, 0.6) is 5.75 Å². The van der Waals surface area contributed by atoms with Gasteiger partial charge in [-0.3, -0.25) is 4.72 Å². The maximum absolute atomic E-state index is 12.3. The van der Waals surface area contributed by atoms with Gasteiger partial charge in [0.1, 0.15) is 5.75 Å². The van der Waals surface area contributed by atoms with E-state index < -0.39 is 10.0 Å². The predicted octanol–water partition coefficient (Wildman–Crippen LogP) is 1.74. The molecule has 3 N–H and O–H groups in total. The molecule has 2 aromatic rings. The fourth-order valence-corrected chi connectivity index (χ4v) is 2.72. The van der Waals surface area contributed by atoms with Crippen LogP contribution in [0.15, 0.2) is 47.6 Å². The van der Waals surface area contributed by atoms with E-state index in [0.29, 0.717) is 24.6 Å². The minimum atomic E-state index is -3.76. The summed E-state index contributed by atoms with van der Waals surface area (Å²) >= 11 is 0. The number of rotatable bonds is 6. The Bertz CT molecular complexity index is 700. The van der Waals surface area contributed by atoms with Crippen LogP contribution in [-0.2, 0) is 16.6 Å². The second-order valence-electron chi connectivity index (χ2n) is 4.24. The van der Waals surface area contributed by atoms with Crippen molar-refractivity contribution in [1.29, 1.82) is 0 Å². The maximum atomic E-state index is 12.3. The Labute approximate surface area is 124 Å². The molecule has 0 amide bonds. The van der Waals surface area contributed by atoms with Crippen LogP contribution in [0.1, 0.15) is 12.5 Å². The summed E-state index contributed by atoms with van der Waals surface area (Å²) < 4.78 is 32.5. The molecule has 7 heteroatoms. The lowest BCUT2D eigenvalue weighted by atomic mass is 10.3. The van der Waals surface area contributed by atoms with Gasteiger partial charge in [0.05, 0.1) is 12.3 Å². The summed E-state index contributed by atoms with van der Waals surface area (Å²) in [5.74, 6) is 0.474. The Morgan fingerprint density at radius 3 is 2.62 bits per heavy atom. The molecule has 0 spiro atoms. The van der Waals surface area contributed by atoms with Crippen molar-refractivity contribution in [3.63, 3.8) is 0 Å². The summed E-state index contributed by atoms with van der Waals surface area (Å²) in [5, 5.41) is -0.0639. The summed E-state index contributed by atoms with van der Waals surface area (Å²) in [6.45, 7) is 2.59. The highest BCUT2D eigenvalue weighted by Crippen LogP contribution is 2.26. The number of nitrogens with one attached hydrogen (secondary N) is 1. The number of aromatic nitrogens is 1. The number of benzene rings is 1. The van der Waals surface area contributed by atoms with Crippen molar-refractivity contribution in [3.05, 3.63) is 48.2 Å². The molecule has 0 bridgehead atoms. The summed E-state index contributed by atoms with van der Waals surface area (Å²) in [6, 6.07) is 9.90. The van der Waals surface area contributed by atoms with Crippen molar-refractivity contribution >= 4 is 15.7 Å². The standard InChI is InChI=1S/C14H17N3O3S/c1-2-20-13-6-4-3-5-12(13)17-21(18,19)14-8-7-11(9-15)10-16-14/h3-8,10,17H,2,9,15H2,1H3. The summed E-state index contributed by atoms with van der Waals surface area (Å²) in [7, 11) is -3.76. The van der Waals surface area contributed by atoms with Gasteiger partial charge in [0.15, 0.2) is 5.03 Å². The molecule has 1 aromatic carbocycles. The van der Waals surface area contributed by atoms with Crippen molar-refractivity contribution in [2.24, 2.45) is 5.73 Å². The van der Waals surface area contributed by atoms with Gasteiger partial charge in [-0.2, -0.15) is 8.42 Å². The molecular weight excluding hydrogens is 290 g/mol. The van der Waals surface area contributed by atoms with Gasteiger partial charge in [-0.1, -0.05) is 18.2 Å². The molecular formula is C14H17N3O3S. The number of nitrogens with zero attached hydrogens (tertiary/aromatic N) is 1. The van der Waals surface area contributed by atoms with Gasteiger partial charge in [-0.15, -0.1) is 0 Å². The highest BCUT2D eigenvalue weighted by molar-refractivity contribution is 7.92. The Hall–Kier alpha value is -2.12. The van der Waals surface area contributed by atoms with Crippen LogP contribution in [0.2, 0.25) is 0 Å². The van der Waals surface area contributed by atoms with E-state index in [4.69, 9.17) is 10.5 Å². The quantitative estimate of drug-likeness (QED) is 0.847. The molecule has 1 heterocycles. The van der Waals surface area contributed by atoms with E-state index >= 15 is 0 Å². The minimum Gasteiger partial charge on any atom is -0.492 e. The molecule has 0 aliphatic heterocycles. The van der Waals surface area contributed by atoms with Gasteiger partial charge in [-0.25, -0.2) is 4.98 Å². The Balaban J connectivity index is 2.28. The van der Waals surface area contributed by atoms with E-state index in [0.717, 1.165) is 5.56 Å². The largest absolute Gasteiger partial charge is 0.492 e. The maximum Gasteiger partial charge on any atom is 0.279 e. The zero-order chi connectivity index (χ0) is 15.3. The molecule has 0 saturated carbocycles. The van der Waals surface area contributed by atoms with Gasteiger partial charge in [-0.05, 0) is 30.7 Å². The van der Waals surface area contributed by atoms with Crippen LogP contribution < -0.4 is 15.2 Å². The second kappa shape index (κ2) is 6.55. The van der Waals surface area contributed by atoms with Crippen LogP contribution in [0.25, 0.3) is 0 Å². The third-order valence-electron chi connectivity index (χ3n) is 2.74. The molecule has 0 unspecified atom stereocenters. The molecule has 0 fully saturated rings. The molecule has 0 aliphatic carbocycles. The van der Waals surface area contributed by atoms with Crippen LogP contribution >= 0.6 is 0 Å². The Morgan fingerprint density at radius 2 is 2.00 bits per heavy atom. The molecule has 6 nitrogen and oxygen atoms in total. The first kappa shape index (κ1) is 15.3. The first-order chi connectivity index (χ1) is 10.1. The van der Waals surface area contributed by atoms with Crippen molar-refractivity contribution in [3.8, 4) is 5.75 Å². The summed E-state index contributed by atoms with van der Waals surface area (Å²) in [6.07, 6.45) is 1.45. The van der Waals surface area contributed by atoms with Crippen molar-refractivity contribution in [2.75, 3.05) is 11.3 Å². The van der Waals surface area contributed by atoms with E-state index in [1.807, 2.05) is 6.92 Å². The van der Waals surface area contributed by atoms with E-state index in [1.165, 1.54) is 12.3 Å². The Morgan fingerprint density at radius 1 is 1.24 bits per heavy atom. The Kier molecular flexibility index (Phi) is 4.77. The number of hydrogen-bond donors (Lipinski definition) is 2. The van der Waals surface area contributed by atoms with E-state index in [9.17, 15) is 8.42 Å². The summed E-state index contributed by atoms with van der Waals surface area (Å²) in [5.41, 5.74) is 6.61. The molecule has 0 saturated heterocycles. The zero-order valence-corrected chi connectivity index (χ0v) is 12.4. The van der Waals surface area contributed by atoms with Gasteiger partial charge in [0, 0.05) is 12.7 Å². The lowest BCUT2D eigenvalue weighted by Gasteiger charge is -2.12. The lowest BCUT2D eigenvalue weighted by molar-refractivity contribution is 0.342. The lowest BCUT2D eigenvalue weighted by Crippen LogP contribution is -2.15. The fraction of sp³-hybridized carbons (Fsp3) is 0.214. The smallest absolute Gasteiger partial charge is 0.279 e. The van der Waals surface area contributed by atoms with E-state index in [1.54, 1.807) is 30.3 Å². The van der Waals surface area contributed by atoms with Crippen molar-refractivity contribution in [2.45, 2.75) is 18.5 Å². The number of para-hydroxylation sites is 2. The third-order valence-corrected chi connectivity index (χ3v) is 4.02. The molecule has 112 valence electrons. The van der Waals surface area contributed by atoms with Crippen LogP contribution in [0, 0.1) is 0 Å². The van der Waals surface area contributed by atoms with Crippen LogP contribution in [0.3, 0.4) is 0 Å². The number of sulfonamides is 1. The fourth-order valence-electron chi connectivity index (χ4n) is 1.72. The van der Waals surface area contributed by atoms with Gasteiger partial charge in [0.2, 0.25) is 0 Å². The molecule has 0 atom stereocenters. The number of hydrogen-bond acceptors (Lipinski definition) is 5.